The molecule has 0 saturated carbocycles. The molecule has 1 aromatic rings. The molecule has 2 aliphatic heterocycles. The molecule has 3 heteroatoms. The highest BCUT2D eigenvalue weighted by Crippen LogP contribution is 2.26. The van der Waals surface area contributed by atoms with Crippen LogP contribution < -0.4 is 5.32 Å². The Morgan fingerprint density at radius 2 is 2.00 bits per heavy atom. The molecule has 1 N–H and O–H groups in total. The summed E-state index contributed by atoms with van der Waals surface area (Å²) < 4.78 is 5.47. The lowest BCUT2D eigenvalue weighted by Crippen LogP contribution is -2.57. The van der Waals surface area contributed by atoms with Crippen LogP contribution in [0.3, 0.4) is 0 Å². The van der Waals surface area contributed by atoms with Crippen molar-refractivity contribution in [2.24, 2.45) is 5.92 Å². The zero-order valence-electron chi connectivity index (χ0n) is 12.5. The summed E-state index contributed by atoms with van der Waals surface area (Å²) in [4.78, 5) is 2.64. The summed E-state index contributed by atoms with van der Waals surface area (Å²) in [7, 11) is 0. The van der Waals surface area contributed by atoms with E-state index in [1.165, 1.54) is 31.5 Å². The summed E-state index contributed by atoms with van der Waals surface area (Å²) in [5.41, 5.74) is 1.49. The lowest BCUT2D eigenvalue weighted by atomic mass is 9.89. The topological polar surface area (TPSA) is 24.5 Å². The minimum Gasteiger partial charge on any atom is -0.381 e. The van der Waals surface area contributed by atoms with Gasteiger partial charge in [-0.2, -0.15) is 0 Å². The van der Waals surface area contributed by atoms with E-state index in [1.54, 1.807) is 0 Å². The smallest absolute Gasteiger partial charge is 0.0535 e. The van der Waals surface area contributed by atoms with Gasteiger partial charge >= 0.3 is 0 Å². The van der Waals surface area contributed by atoms with Gasteiger partial charge in [-0.05, 0) is 31.2 Å². The van der Waals surface area contributed by atoms with Gasteiger partial charge in [-0.15, -0.1) is 0 Å². The summed E-state index contributed by atoms with van der Waals surface area (Å²) in [5.74, 6) is 0.821. The summed E-state index contributed by atoms with van der Waals surface area (Å²) in [5, 5.41) is 3.71. The standard InChI is InChI=1S/C17H26N2O/c1-17(16-5-3-2-4-6-16)14-19(10-9-18-17)13-15-7-11-20-12-8-15/h2-6,15,18H,7-14H2,1H3. The first-order valence-corrected chi connectivity index (χ1v) is 7.87. The van der Waals surface area contributed by atoms with Gasteiger partial charge in [0.15, 0.2) is 0 Å². The van der Waals surface area contributed by atoms with Crippen molar-refractivity contribution in [2.45, 2.75) is 25.3 Å². The van der Waals surface area contributed by atoms with Crippen LogP contribution in [-0.4, -0.2) is 44.3 Å². The molecule has 0 radical (unpaired) electrons. The van der Waals surface area contributed by atoms with E-state index in [2.05, 4.69) is 47.5 Å². The molecule has 0 amide bonds. The molecule has 3 rings (SSSR count). The maximum Gasteiger partial charge on any atom is 0.0535 e. The van der Waals surface area contributed by atoms with Gasteiger partial charge < -0.3 is 10.1 Å². The van der Waals surface area contributed by atoms with Crippen molar-refractivity contribution < 1.29 is 4.74 Å². The molecule has 0 aromatic heterocycles. The molecule has 0 bridgehead atoms. The average molecular weight is 274 g/mol. The van der Waals surface area contributed by atoms with Gasteiger partial charge in [0.1, 0.15) is 0 Å². The largest absolute Gasteiger partial charge is 0.381 e. The third kappa shape index (κ3) is 3.22. The summed E-state index contributed by atoms with van der Waals surface area (Å²) in [6.07, 6.45) is 2.46. The van der Waals surface area contributed by atoms with Gasteiger partial charge in [0, 0.05) is 39.4 Å². The Labute approximate surface area is 122 Å². The second-order valence-electron chi connectivity index (χ2n) is 6.42. The molecule has 20 heavy (non-hydrogen) atoms. The van der Waals surface area contributed by atoms with Crippen molar-refractivity contribution in [1.29, 1.82) is 0 Å². The second-order valence-corrected chi connectivity index (χ2v) is 6.42. The van der Waals surface area contributed by atoms with Crippen LogP contribution in [0.4, 0.5) is 0 Å². The molecular weight excluding hydrogens is 248 g/mol. The molecule has 0 aliphatic carbocycles. The Morgan fingerprint density at radius 1 is 1.25 bits per heavy atom. The Balaban J connectivity index is 1.63. The van der Waals surface area contributed by atoms with Crippen molar-refractivity contribution in [3.05, 3.63) is 35.9 Å². The molecule has 1 atom stereocenters. The predicted octanol–water partition coefficient (Wildman–Crippen LogP) is 2.23. The van der Waals surface area contributed by atoms with Crippen molar-refractivity contribution in [3.8, 4) is 0 Å². The summed E-state index contributed by atoms with van der Waals surface area (Å²) >= 11 is 0. The molecular formula is C17H26N2O. The Morgan fingerprint density at radius 3 is 2.75 bits per heavy atom. The average Bonchev–Trinajstić information content (AvgIpc) is 2.49. The first-order valence-electron chi connectivity index (χ1n) is 7.87. The van der Waals surface area contributed by atoms with Gasteiger partial charge in [0.05, 0.1) is 5.54 Å². The van der Waals surface area contributed by atoms with E-state index in [0.717, 1.165) is 32.2 Å². The molecule has 2 aliphatic rings. The van der Waals surface area contributed by atoms with Gasteiger partial charge in [-0.25, -0.2) is 0 Å². The highest BCUT2D eigenvalue weighted by Gasteiger charge is 2.32. The lowest BCUT2D eigenvalue weighted by Gasteiger charge is -2.43. The van der Waals surface area contributed by atoms with E-state index in [9.17, 15) is 0 Å². The van der Waals surface area contributed by atoms with E-state index in [0.29, 0.717) is 0 Å². The number of benzene rings is 1. The van der Waals surface area contributed by atoms with Gasteiger partial charge in [0.25, 0.3) is 0 Å². The number of nitrogens with one attached hydrogen (secondary N) is 1. The Hall–Kier alpha value is -0.900. The summed E-state index contributed by atoms with van der Waals surface area (Å²) in [6, 6.07) is 10.9. The maximum atomic E-state index is 5.47. The van der Waals surface area contributed by atoms with Gasteiger partial charge in [0.2, 0.25) is 0 Å². The fourth-order valence-corrected chi connectivity index (χ4v) is 3.52. The maximum absolute atomic E-state index is 5.47. The third-order valence-corrected chi connectivity index (χ3v) is 4.75. The molecule has 110 valence electrons. The normalized spacial score (nSPS) is 29.4. The van der Waals surface area contributed by atoms with Crippen LogP contribution in [0.1, 0.15) is 25.3 Å². The minimum absolute atomic E-state index is 0.0880. The molecule has 2 heterocycles. The number of ether oxygens (including phenoxy) is 1. The highest BCUT2D eigenvalue weighted by molar-refractivity contribution is 5.24. The van der Waals surface area contributed by atoms with E-state index in [-0.39, 0.29) is 5.54 Å². The number of nitrogens with zero attached hydrogens (tertiary/aromatic N) is 1. The number of hydrogen-bond donors (Lipinski definition) is 1. The van der Waals surface area contributed by atoms with Gasteiger partial charge in [-0.1, -0.05) is 30.3 Å². The minimum atomic E-state index is 0.0880. The van der Waals surface area contributed by atoms with Gasteiger partial charge in [-0.3, -0.25) is 4.90 Å². The van der Waals surface area contributed by atoms with Crippen LogP contribution in [0.25, 0.3) is 0 Å². The van der Waals surface area contributed by atoms with E-state index in [1.807, 2.05) is 0 Å². The van der Waals surface area contributed by atoms with Crippen LogP contribution in [0.2, 0.25) is 0 Å². The van der Waals surface area contributed by atoms with Crippen LogP contribution in [0.5, 0.6) is 0 Å². The second kappa shape index (κ2) is 6.25. The fourth-order valence-electron chi connectivity index (χ4n) is 3.52. The third-order valence-electron chi connectivity index (χ3n) is 4.75. The molecule has 3 nitrogen and oxygen atoms in total. The molecule has 1 unspecified atom stereocenters. The molecule has 0 spiro atoms. The van der Waals surface area contributed by atoms with Crippen LogP contribution >= 0.6 is 0 Å². The number of rotatable bonds is 3. The molecule has 2 fully saturated rings. The van der Waals surface area contributed by atoms with E-state index >= 15 is 0 Å². The fraction of sp³-hybridized carbons (Fsp3) is 0.647. The van der Waals surface area contributed by atoms with E-state index in [4.69, 9.17) is 4.74 Å². The number of hydrogen-bond acceptors (Lipinski definition) is 3. The van der Waals surface area contributed by atoms with Crippen molar-refractivity contribution in [2.75, 3.05) is 39.4 Å². The zero-order valence-corrected chi connectivity index (χ0v) is 12.5. The Bertz CT molecular complexity index is 416. The molecule has 2 saturated heterocycles. The monoisotopic (exact) mass is 274 g/mol. The molecule has 1 aromatic carbocycles. The summed E-state index contributed by atoms with van der Waals surface area (Å²) in [6.45, 7) is 8.81. The predicted molar refractivity (Wildman–Crippen MR) is 81.8 cm³/mol. The number of piperazine rings is 1. The highest BCUT2D eigenvalue weighted by atomic mass is 16.5. The van der Waals surface area contributed by atoms with E-state index < -0.39 is 0 Å². The first kappa shape index (κ1) is 14.1. The van der Waals surface area contributed by atoms with Crippen LogP contribution in [0.15, 0.2) is 30.3 Å². The SMILES string of the molecule is CC1(c2ccccc2)CN(CC2CCOCC2)CCN1. The van der Waals surface area contributed by atoms with Crippen LogP contribution in [0, 0.1) is 5.92 Å². The Kier molecular flexibility index (Phi) is 4.39. The quantitative estimate of drug-likeness (QED) is 0.915. The lowest BCUT2D eigenvalue weighted by molar-refractivity contribution is 0.0417. The van der Waals surface area contributed by atoms with Crippen molar-refractivity contribution in [3.63, 3.8) is 0 Å². The zero-order chi connectivity index (χ0) is 13.8. The van der Waals surface area contributed by atoms with Crippen LogP contribution in [-0.2, 0) is 10.3 Å². The van der Waals surface area contributed by atoms with Crippen molar-refractivity contribution in [1.82, 2.24) is 10.2 Å². The van der Waals surface area contributed by atoms with Crippen molar-refractivity contribution >= 4 is 0 Å². The first-order chi connectivity index (χ1) is 9.76.